The fourth-order valence-corrected chi connectivity index (χ4v) is 1.97. The molecule has 1 rings (SSSR count). The van der Waals surface area contributed by atoms with Gasteiger partial charge in [-0.3, -0.25) is 4.79 Å². The molecule has 0 heterocycles. The lowest BCUT2D eigenvalue weighted by Gasteiger charge is -2.26. The number of hydrogen-bond acceptors (Lipinski definition) is 4. The first kappa shape index (κ1) is 16.6. The number of ether oxygens (including phenoxy) is 1. The highest BCUT2D eigenvalue weighted by molar-refractivity contribution is 5.81. The third kappa shape index (κ3) is 4.92. The third-order valence-corrected chi connectivity index (χ3v) is 3.24. The molecule has 5 heteroatoms. The van der Waals surface area contributed by atoms with Crippen LogP contribution in [0.3, 0.4) is 0 Å². The summed E-state index contributed by atoms with van der Waals surface area (Å²) in [6.45, 7) is 2.80. The van der Waals surface area contributed by atoms with Gasteiger partial charge in [-0.2, -0.15) is 0 Å². The summed E-state index contributed by atoms with van der Waals surface area (Å²) < 4.78 is 4.88. The molecule has 0 aliphatic rings. The molecule has 112 valence electrons. The number of nitrogens with two attached hydrogens (primary N) is 1. The van der Waals surface area contributed by atoms with Crippen LogP contribution in [0.25, 0.3) is 0 Å². The number of carbonyl (C=O) groups is 1. The molecule has 3 N–H and O–H groups in total. The van der Waals surface area contributed by atoms with Gasteiger partial charge in [0.05, 0.1) is 12.6 Å². The fourth-order valence-electron chi connectivity index (χ4n) is 1.97. The molecule has 0 aliphatic heterocycles. The topological polar surface area (TPSA) is 67.6 Å². The largest absolute Gasteiger partial charge is 0.383 e. The van der Waals surface area contributed by atoms with E-state index >= 15 is 0 Å². The average molecular weight is 279 g/mol. The summed E-state index contributed by atoms with van der Waals surface area (Å²) >= 11 is 0. The highest BCUT2D eigenvalue weighted by Gasteiger charge is 2.18. The highest BCUT2D eigenvalue weighted by atomic mass is 16.5. The maximum Gasteiger partial charge on any atom is 0.239 e. The van der Waals surface area contributed by atoms with Crippen LogP contribution in [0.4, 0.5) is 0 Å². The van der Waals surface area contributed by atoms with Gasteiger partial charge in [0, 0.05) is 13.7 Å². The summed E-state index contributed by atoms with van der Waals surface area (Å²) in [7, 11) is 5.51. The number of hydrogen-bond donors (Lipinski definition) is 2. The first-order valence-corrected chi connectivity index (χ1v) is 6.71. The zero-order valence-electron chi connectivity index (χ0n) is 12.7. The van der Waals surface area contributed by atoms with Gasteiger partial charge in [-0.15, -0.1) is 0 Å². The van der Waals surface area contributed by atoms with Crippen LogP contribution in [0.15, 0.2) is 24.3 Å². The number of nitrogens with one attached hydrogen (secondary N) is 1. The van der Waals surface area contributed by atoms with Crippen molar-refractivity contribution < 1.29 is 9.53 Å². The molecule has 1 aromatic carbocycles. The zero-order chi connectivity index (χ0) is 15.1. The van der Waals surface area contributed by atoms with Crippen LogP contribution >= 0.6 is 0 Å². The Morgan fingerprint density at radius 2 is 1.95 bits per heavy atom. The van der Waals surface area contributed by atoms with Crippen molar-refractivity contribution in [3.05, 3.63) is 35.4 Å². The number of amides is 1. The molecule has 0 saturated carbocycles. The van der Waals surface area contributed by atoms with Gasteiger partial charge in [0.2, 0.25) is 5.91 Å². The molecule has 0 aromatic heterocycles. The van der Waals surface area contributed by atoms with Crippen LogP contribution in [0.1, 0.15) is 17.2 Å². The van der Waals surface area contributed by atoms with Crippen LogP contribution in [-0.4, -0.2) is 51.2 Å². The minimum Gasteiger partial charge on any atom is -0.383 e. The fraction of sp³-hybridized carbons (Fsp3) is 0.533. The Morgan fingerprint density at radius 3 is 2.45 bits per heavy atom. The molecular formula is C15H25N3O2. The van der Waals surface area contributed by atoms with Crippen molar-refractivity contribution in [3.63, 3.8) is 0 Å². The summed E-state index contributed by atoms with van der Waals surface area (Å²) in [5.74, 6) is -0.189. The Morgan fingerprint density at radius 1 is 1.35 bits per heavy atom. The van der Waals surface area contributed by atoms with Crippen molar-refractivity contribution in [1.29, 1.82) is 0 Å². The number of likely N-dealkylation sites (N-methyl/N-ethyl adjacent to an activating group) is 1. The van der Waals surface area contributed by atoms with Gasteiger partial charge < -0.3 is 20.7 Å². The van der Waals surface area contributed by atoms with E-state index in [4.69, 9.17) is 10.5 Å². The van der Waals surface area contributed by atoms with Gasteiger partial charge in [0.15, 0.2) is 0 Å². The van der Waals surface area contributed by atoms with Crippen molar-refractivity contribution in [1.82, 2.24) is 10.2 Å². The lowest BCUT2D eigenvalue weighted by atomic mass is 10.0. The van der Waals surface area contributed by atoms with Crippen LogP contribution in [0.2, 0.25) is 0 Å². The molecule has 1 aromatic rings. The Hall–Kier alpha value is -1.43. The molecule has 0 spiro atoms. The molecule has 0 bridgehead atoms. The zero-order valence-corrected chi connectivity index (χ0v) is 12.7. The first-order valence-electron chi connectivity index (χ1n) is 6.71. The van der Waals surface area contributed by atoms with E-state index in [1.165, 1.54) is 18.2 Å². The predicted molar refractivity (Wildman–Crippen MR) is 80.5 cm³/mol. The van der Waals surface area contributed by atoms with Crippen LogP contribution in [0, 0.1) is 6.92 Å². The first-order chi connectivity index (χ1) is 9.45. The van der Waals surface area contributed by atoms with E-state index in [1.54, 1.807) is 0 Å². The Kier molecular flexibility index (Phi) is 6.64. The van der Waals surface area contributed by atoms with E-state index in [9.17, 15) is 4.79 Å². The molecule has 2 atom stereocenters. The SMILES string of the molecule is COCC(N)C(=O)NCC(c1ccc(C)cc1)N(C)C. The van der Waals surface area contributed by atoms with Gasteiger partial charge in [-0.05, 0) is 26.6 Å². The molecule has 0 fully saturated rings. The third-order valence-electron chi connectivity index (χ3n) is 3.24. The minimum absolute atomic E-state index is 0.120. The van der Waals surface area contributed by atoms with Crippen LogP contribution in [-0.2, 0) is 9.53 Å². The number of aryl methyl sites for hydroxylation is 1. The van der Waals surface area contributed by atoms with Crippen molar-refractivity contribution in [3.8, 4) is 0 Å². The number of nitrogens with zero attached hydrogens (tertiary/aromatic N) is 1. The second-order valence-corrected chi connectivity index (χ2v) is 5.20. The number of benzene rings is 1. The normalized spacial score (nSPS) is 14.1. The van der Waals surface area contributed by atoms with Gasteiger partial charge >= 0.3 is 0 Å². The number of methoxy groups -OCH3 is 1. The summed E-state index contributed by atoms with van der Waals surface area (Å²) in [6.07, 6.45) is 0. The van der Waals surface area contributed by atoms with Gasteiger partial charge in [-0.1, -0.05) is 29.8 Å². The molecule has 0 saturated heterocycles. The standard InChI is InChI=1S/C15H25N3O2/c1-11-5-7-12(8-6-11)14(18(2)3)9-17-15(19)13(16)10-20-4/h5-8,13-14H,9-10,16H2,1-4H3,(H,17,19). The van der Waals surface area contributed by atoms with E-state index in [2.05, 4.69) is 41.4 Å². The van der Waals surface area contributed by atoms with Crippen molar-refractivity contribution in [2.24, 2.45) is 5.73 Å². The molecule has 0 aliphatic carbocycles. The van der Waals surface area contributed by atoms with E-state index < -0.39 is 6.04 Å². The van der Waals surface area contributed by atoms with Gasteiger partial charge in [0.25, 0.3) is 0 Å². The lowest BCUT2D eigenvalue weighted by molar-refractivity contribution is -0.123. The van der Waals surface area contributed by atoms with Gasteiger partial charge in [-0.25, -0.2) is 0 Å². The highest BCUT2D eigenvalue weighted by Crippen LogP contribution is 2.17. The monoisotopic (exact) mass is 279 g/mol. The second kappa shape index (κ2) is 7.99. The van der Waals surface area contributed by atoms with E-state index in [-0.39, 0.29) is 18.6 Å². The van der Waals surface area contributed by atoms with E-state index in [0.717, 1.165) is 0 Å². The number of rotatable bonds is 7. The second-order valence-electron chi connectivity index (χ2n) is 5.20. The van der Waals surface area contributed by atoms with Crippen molar-refractivity contribution in [2.45, 2.75) is 19.0 Å². The van der Waals surface area contributed by atoms with Gasteiger partial charge in [0.1, 0.15) is 6.04 Å². The molecular weight excluding hydrogens is 254 g/mol. The Balaban J connectivity index is 2.64. The minimum atomic E-state index is -0.624. The van der Waals surface area contributed by atoms with Crippen LogP contribution in [0.5, 0.6) is 0 Å². The van der Waals surface area contributed by atoms with Crippen LogP contribution < -0.4 is 11.1 Å². The smallest absolute Gasteiger partial charge is 0.239 e. The van der Waals surface area contributed by atoms with Crippen molar-refractivity contribution in [2.75, 3.05) is 34.4 Å². The van der Waals surface area contributed by atoms with E-state index in [1.807, 2.05) is 14.1 Å². The number of carbonyl (C=O) groups excluding carboxylic acids is 1. The molecule has 1 amide bonds. The summed E-state index contributed by atoms with van der Waals surface area (Å²) in [6, 6.07) is 7.81. The average Bonchev–Trinajstić information content (AvgIpc) is 2.40. The summed E-state index contributed by atoms with van der Waals surface area (Å²) in [5.41, 5.74) is 8.09. The maximum absolute atomic E-state index is 11.8. The predicted octanol–water partition coefficient (Wildman–Crippen LogP) is 0.688. The molecule has 0 radical (unpaired) electrons. The molecule has 20 heavy (non-hydrogen) atoms. The van der Waals surface area contributed by atoms with E-state index in [0.29, 0.717) is 6.54 Å². The summed E-state index contributed by atoms with van der Waals surface area (Å²) in [5, 5.41) is 2.88. The Labute approximate surface area is 121 Å². The molecule has 2 unspecified atom stereocenters. The van der Waals surface area contributed by atoms with Crippen molar-refractivity contribution >= 4 is 5.91 Å². The summed E-state index contributed by atoms with van der Waals surface area (Å²) in [4.78, 5) is 13.9. The maximum atomic E-state index is 11.8. The molecule has 5 nitrogen and oxygen atoms in total. The Bertz CT molecular complexity index is 418. The lowest BCUT2D eigenvalue weighted by Crippen LogP contribution is -2.45. The quantitative estimate of drug-likeness (QED) is 0.770.